The SMILES string of the molecule is O=C(Nc1ccc2nn[nH]c2c1)N1CCN(Cc2ccc3c(c2)OC(F)(F)O3)CC1. The first-order valence-corrected chi connectivity index (χ1v) is 9.43. The van der Waals surface area contributed by atoms with Gasteiger partial charge in [0, 0.05) is 38.4 Å². The van der Waals surface area contributed by atoms with Gasteiger partial charge in [-0.25, -0.2) is 4.79 Å². The molecule has 2 aliphatic rings. The van der Waals surface area contributed by atoms with E-state index < -0.39 is 6.29 Å². The zero-order chi connectivity index (χ0) is 20.7. The zero-order valence-corrected chi connectivity index (χ0v) is 15.8. The molecule has 3 aromatic rings. The molecule has 0 spiro atoms. The summed E-state index contributed by atoms with van der Waals surface area (Å²) in [5, 5.41) is 13.3. The minimum Gasteiger partial charge on any atom is -0.395 e. The van der Waals surface area contributed by atoms with Crippen LogP contribution in [0.4, 0.5) is 19.3 Å². The Labute approximate surface area is 169 Å². The van der Waals surface area contributed by atoms with E-state index in [2.05, 4.69) is 35.1 Å². The predicted molar refractivity (Wildman–Crippen MR) is 102 cm³/mol. The molecule has 5 rings (SSSR count). The van der Waals surface area contributed by atoms with E-state index in [1.54, 1.807) is 35.2 Å². The third-order valence-electron chi connectivity index (χ3n) is 5.11. The third kappa shape index (κ3) is 3.71. The maximum absolute atomic E-state index is 13.2. The van der Waals surface area contributed by atoms with Crippen molar-refractivity contribution in [1.82, 2.24) is 25.2 Å². The Morgan fingerprint density at radius 1 is 1.10 bits per heavy atom. The monoisotopic (exact) mass is 416 g/mol. The summed E-state index contributed by atoms with van der Waals surface area (Å²) < 4.78 is 35.2. The molecule has 156 valence electrons. The summed E-state index contributed by atoms with van der Waals surface area (Å²) in [4.78, 5) is 16.4. The molecule has 1 saturated heterocycles. The number of halogens is 2. The van der Waals surface area contributed by atoms with E-state index in [0.717, 1.165) is 16.6 Å². The van der Waals surface area contributed by atoms with Gasteiger partial charge >= 0.3 is 12.3 Å². The summed E-state index contributed by atoms with van der Waals surface area (Å²) in [6.07, 6.45) is -3.61. The highest BCUT2D eigenvalue weighted by atomic mass is 19.3. The summed E-state index contributed by atoms with van der Waals surface area (Å²) in [7, 11) is 0. The Hall–Kier alpha value is -3.47. The number of fused-ring (bicyclic) bond motifs is 2. The van der Waals surface area contributed by atoms with Gasteiger partial charge in [-0.05, 0) is 35.9 Å². The molecular weight excluding hydrogens is 398 g/mol. The maximum Gasteiger partial charge on any atom is 0.586 e. The molecule has 2 N–H and O–H groups in total. The molecular formula is C19H18F2N6O3. The van der Waals surface area contributed by atoms with Crippen LogP contribution in [0.3, 0.4) is 0 Å². The van der Waals surface area contributed by atoms with Crippen molar-refractivity contribution in [2.75, 3.05) is 31.5 Å². The molecule has 9 nitrogen and oxygen atoms in total. The Morgan fingerprint density at radius 3 is 2.73 bits per heavy atom. The number of carbonyl (C=O) groups excluding carboxylic acids is 1. The topological polar surface area (TPSA) is 95.6 Å². The molecule has 30 heavy (non-hydrogen) atoms. The molecule has 0 atom stereocenters. The maximum atomic E-state index is 13.2. The zero-order valence-electron chi connectivity index (χ0n) is 15.8. The van der Waals surface area contributed by atoms with Gasteiger partial charge in [-0.15, -0.1) is 13.9 Å². The van der Waals surface area contributed by atoms with Crippen LogP contribution in [0.15, 0.2) is 36.4 Å². The lowest BCUT2D eigenvalue weighted by Gasteiger charge is -2.34. The van der Waals surface area contributed by atoms with Crippen LogP contribution in [0.5, 0.6) is 11.5 Å². The largest absolute Gasteiger partial charge is 0.586 e. The molecule has 0 saturated carbocycles. The number of benzene rings is 2. The van der Waals surface area contributed by atoms with E-state index in [4.69, 9.17) is 0 Å². The van der Waals surface area contributed by atoms with E-state index in [-0.39, 0.29) is 17.5 Å². The van der Waals surface area contributed by atoms with Crippen molar-refractivity contribution in [2.45, 2.75) is 12.8 Å². The molecule has 3 heterocycles. The van der Waals surface area contributed by atoms with E-state index >= 15 is 0 Å². The smallest absolute Gasteiger partial charge is 0.395 e. The van der Waals surface area contributed by atoms with Gasteiger partial charge in [-0.3, -0.25) is 10.00 Å². The lowest BCUT2D eigenvalue weighted by molar-refractivity contribution is -0.286. The number of nitrogens with one attached hydrogen (secondary N) is 2. The van der Waals surface area contributed by atoms with Crippen LogP contribution in [0.2, 0.25) is 0 Å². The highest BCUT2D eigenvalue weighted by Gasteiger charge is 2.43. The van der Waals surface area contributed by atoms with Crippen molar-refractivity contribution in [1.29, 1.82) is 0 Å². The highest BCUT2D eigenvalue weighted by molar-refractivity contribution is 5.91. The number of hydrogen-bond acceptors (Lipinski definition) is 6. The summed E-state index contributed by atoms with van der Waals surface area (Å²) in [6.45, 7) is 3.02. The number of carbonyl (C=O) groups is 1. The van der Waals surface area contributed by atoms with Crippen molar-refractivity contribution in [3.05, 3.63) is 42.0 Å². The minimum absolute atomic E-state index is 0.0364. The highest BCUT2D eigenvalue weighted by Crippen LogP contribution is 2.41. The second kappa shape index (κ2) is 7.10. The van der Waals surface area contributed by atoms with E-state index in [0.29, 0.717) is 38.4 Å². The fourth-order valence-electron chi connectivity index (χ4n) is 3.58. The number of amides is 2. The van der Waals surface area contributed by atoms with Crippen LogP contribution >= 0.6 is 0 Å². The van der Waals surface area contributed by atoms with Crippen LogP contribution in [-0.4, -0.2) is 63.7 Å². The molecule has 2 aliphatic heterocycles. The summed E-state index contributed by atoms with van der Waals surface area (Å²) in [6, 6.07) is 9.97. The molecule has 0 aliphatic carbocycles. The van der Waals surface area contributed by atoms with E-state index in [9.17, 15) is 13.6 Å². The van der Waals surface area contributed by atoms with Crippen molar-refractivity contribution in [3.8, 4) is 11.5 Å². The number of nitrogens with zero attached hydrogens (tertiary/aromatic N) is 4. The lowest BCUT2D eigenvalue weighted by atomic mass is 10.1. The van der Waals surface area contributed by atoms with Crippen LogP contribution in [0.1, 0.15) is 5.56 Å². The lowest BCUT2D eigenvalue weighted by Crippen LogP contribution is -2.49. The Bertz CT molecular complexity index is 1100. The predicted octanol–water partition coefficient (Wildman–Crippen LogP) is 2.63. The van der Waals surface area contributed by atoms with Gasteiger partial charge in [0.15, 0.2) is 11.5 Å². The normalized spacial score (nSPS) is 18.0. The quantitative estimate of drug-likeness (QED) is 0.682. The van der Waals surface area contributed by atoms with Crippen molar-refractivity contribution in [2.24, 2.45) is 0 Å². The van der Waals surface area contributed by atoms with Gasteiger partial charge in [0.05, 0.1) is 5.52 Å². The second-order valence-electron chi connectivity index (χ2n) is 7.19. The number of H-pyrrole nitrogens is 1. The van der Waals surface area contributed by atoms with Crippen LogP contribution in [0.25, 0.3) is 11.0 Å². The van der Waals surface area contributed by atoms with Gasteiger partial charge in [-0.1, -0.05) is 11.3 Å². The first-order valence-electron chi connectivity index (χ1n) is 9.43. The van der Waals surface area contributed by atoms with E-state index in [1.165, 1.54) is 6.07 Å². The standard InChI is InChI=1S/C19H18F2N6O3/c20-19(21)29-16-4-1-12(9-17(16)30-19)11-26-5-7-27(8-6-26)18(28)22-13-2-3-14-15(10-13)24-25-23-14/h1-4,9-10H,5-8,11H2,(H,22,28)(H,23,24,25). The number of rotatable bonds is 3. The Morgan fingerprint density at radius 2 is 1.90 bits per heavy atom. The van der Waals surface area contributed by atoms with Gasteiger partial charge in [0.25, 0.3) is 0 Å². The number of piperazine rings is 1. The summed E-state index contributed by atoms with van der Waals surface area (Å²) in [5.74, 6) is 0.0780. The van der Waals surface area contributed by atoms with Crippen LogP contribution in [0, 0.1) is 0 Å². The number of aromatic nitrogens is 3. The fraction of sp³-hybridized carbons (Fsp3) is 0.316. The Balaban J connectivity index is 1.15. The van der Waals surface area contributed by atoms with E-state index in [1.807, 2.05) is 0 Å². The first-order chi connectivity index (χ1) is 14.4. The molecule has 2 aromatic carbocycles. The van der Waals surface area contributed by atoms with Crippen molar-refractivity contribution in [3.63, 3.8) is 0 Å². The number of alkyl halides is 2. The van der Waals surface area contributed by atoms with Crippen molar-refractivity contribution < 1.29 is 23.0 Å². The molecule has 1 aromatic heterocycles. The number of anilines is 1. The number of urea groups is 1. The number of ether oxygens (including phenoxy) is 2. The number of aromatic amines is 1. The summed E-state index contributed by atoms with van der Waals surface area (Å²) in [5.41, 5.74) is 2.99. The molecule has 11 heteroatoms. The second-order valence-corrected chi connectivity index (χ2v) is 7.19. The van der Waals surface area contributed by atoms with Crippen LogP contribution < -0.4 is 14.8 Å². The van der Waals surface area contributed by atoms with Gasteiger partial charge < -0.3 is 19.7 Å². The van der Waals surface area contributed by atoms with Crippen LogP contribution in [-0.2, 0) is 6.54 Å². The number of hydrogen-bond donors (Lipinski definition) is 2. The molecule has 0 unspecified atom stereocenters. The molecule has 0 radical (unpaired) electrons. The average Bonchev–Trinajstić information content (AvgIpc) is 3.30. The van der Waals surface area contributed by atoms with Gasteiger partial charge in [0.2, 0.25) is 0 Å². The van der Waals surface area contributed by atoms with Gasteiger partial charge in [-0.2, -0.15) is 0 Å². The fourth-order valence-corrected chi connectivity index (χ4v) is 3.58. The third-order valence-corrected chi connectivity index (χ3v) is 5.11. The van der Waals surface area contributed by atoms with Crippen molar-refractivity contribution >= 4 is 22.8 Å². The molecule has 2 amide bonds. The van der Waals surface area contributed by atoms with Gasteiger partial charge in [0.1, 0.15) is 5.52 Å². The molecule has 1 fully saturated rings. The Kier molecular flexibility index (Phi) is 4.39. The summed E-state index contributed by atoms with van der Waals surface area (Å²) >= 11 is 0. The minimum atomic E-state index is -3.61. The first kappa shape index (κ1) is 18.6. The molecule has 0 bridgehead atoms. The average molecular weight is 416 g/mol.